The van der Waals surface area contributed by atoms with Crippen LogP contribution in [0.5, 0.6) is 0 Å². The van der Waals surface area contributed by atoms with Crippen molar-refractivity contribution in [1.29, 1.82) is 0 Å². The molecule has 30 heavy (non-hydrogen) atoms. The largest absolute Gasteiger partial charge is 0.428 e. The fraction of sp³-hybridized carbons (Fsp3) is 0.429. The van der Waals surface area contributed by atoms with E-state index in [9.17, 15) is 4.79 Å². The van der Waals surface area contributed by atoms with E-state index in [0.29, 0.717) is 12.5 Å². The van der Waals surface area contributed by atoms with E-state index < -0.39 is 0 Å². The van der Waals surface area contributed by atoms with Gasteiger partial charge in [0.25, 0.3) is 0 Å². The van der Waals surface area contributed by atoms with Crippen molar-refractivity contribution in [3.05, 3.63) is 48.2 Å². The SMILES string of the molecule is CCNC(=O)Nc1ncc(CC2CCN(c3ccc(-n4cccn4)nc3C)CC2)o1. The molecule has 0 aliphatic carbocycles. The molecule has 158 valence electrons. The maximum atomic E-state index is 11.6. The van der Waals surface area contributed by atoms with Gasteiger partial charge in [-0.1, -0.05) is 0 Å². The summed E-state index contributed by atoms with van der Waals surface area (Å²) < 4.78 is 7.44. The number of hydrogen-bond acceptors (Lipinski definition) is 6. The topological polar surface area (TPSA) is 101 Å². The van der Waals surface area contributed by atoms with Crippen LogP contribution in [-0.2, 0) is 6.42 Å². The summed E-state index contributed by atoms with van der Waals surface area (Å²) in [5.41, 5.74) is 2.19. The fourth-order valence-corrected chi connectivity index (χ4v) is 3.83. The summed E-state index contributed by atoms with van der Waals surface area (Å²) in [6.45, 7) is 6.42. The standard InChI is InChI=1S/C21H27N7O2/c1-3-22-20(29)26-21-23-14-17(30-21)13-16-7-11-27(12-8-16)18-5-6-19(25-15(18)2)28-10-4-9-24-28/h4-6,9-10,14,16H,3,7-8,11-13H2,1-2H3,(H2,22,23,26,29). The summed E-state index contributed by atoms with van der Waals surface area (Å²) in [6, 6.07) is 5.98. The van der Waals surface area contributed by atoms with Crippen LogP contribution in [0.15, 0.2) is 41.2 Å². The minimum atomic E-state index is -0.304. The molecule has 1 fully saturated rings. The number of nitrogens with one attached hydrogen (secondary N) is 2. The molecule has 0 saturated carbocycles. The van der Waals surface area contributed by atoms with Crippen LogP contribution in [0.1, 0.15) is 31.2 Å². The van der Waals surface area contributed by atoms with Gasteiger partial charge in [0, 0.05) is 38.4 Å². The molecule has 0 radical (unpaired) electrons. The van der Waals surface area contributed by atoms with Crippen molar-refractivity contribution in [2.75, 3.05) is 29.9 Å². The van der Waals surface area contributed by atoms with Gasteiger partial charge < -0.3 is 14.6 Å². The van der Waals surface area contributed by atoms with E-state index in [1.807, 2.05) is 32.2 Å². The third-order valence-electron chi connectivity index (χ3n) is 5.34. The number of carbonyl (C=O) groups is 1. The summed E-state index contributed by atoms with van der Waals surface area (Å²) in [7, 11) is 0. The molecule has 3 aromatic heterocycles. The van der Waals surface area contributed by atoms with Crippen LogP contribution in [0.2, 0.25) is 0 Å². The molecule has 1 aliphatic heterocycles. The van der Waals surface area contributed by atoms with E-state index in [1.165, 1.54) is 5.69 Å². The highest BCUT2D eigenvalue weighted by molar-refractivity contribution is 5.86. The second-order valence-corrected chi connectivity index (χ2v) is 7.48. The lowest BCUT2D eigenvalue weighted by Crippen LogP contribution is -2.34. The van der Waals surface area contributed by atoms with E-state index in [0.717, 1.165) is 49.6 Å². The molecule has 0 atom stereocenters. The Balaban J connectivity index is 1.31. The lowest BCUT2D eigenvalue weighted by Gasteiger charge is -2.34. The Hall–Kier alpha value is -3.36. The molecule has 4 rings (SSSR count). The van der Waals surface area contributed by atoms with Crippen molar-refractivity contribution in [2.45, 2.75) is 33.1 Å². The quantitative estimate of drug-likeness (QED) is 0.649. The van der Waals surface area contributed by atoms with Gasteiger partial charge in [-0.05, 0) is 50.8 Å². The minimum absolute atomic E-state index is 0.243. The predicted octanol–water partition coefficient (Wildman–Crippen LogP) is 3.16. The minimum Gasteiger partial charge on any atom is -0.428 e. The smallest absolute Gasteiger partial charge is 0.322 e. The van der Waals surface area contributed by atoms with Gasteiger partial charge in [-0.2, -0.15) is 5.10 Å². The number of urea groups is 1. The maximum absolute atomic E-state index is 11.6. The highest BCUT2D eigenvalue weighted by atomic mass is 16.4. The third-order valence-corrected chi connectivity index (χ3v) is 5.34. The Labute approximate surface area is 175 Å². The Morgan fingerprint density at radius 3 is 2.83 bits per heavy atom. The second kappa shape index (κ2) is 8.98. The van der Waals surface area contributed by atoms with Gasteiger partial charge in [-0.3, -0.25) is 5.32 Å². The van der Waals surface area contributed by atoms with Crippen molar-refractivity contribution < 1.29 is 9.21 Å². The molecule has 2 amide bonds. The highest BCUT2D eigenvalue weighted by Gasteiger charge is 2.22. The van der Waals surface area contributed by atoms with Crippen LogP contribution in [0.4, 0.5) is 16.5 Å². The number of carbonyl (C=O) groups excluding carboxylic acids is 1. The van der Waals surface area contributed by atoms with Gasteiger partial charge >= 0.3 is 12.0 Å². The highest BCUT2D eigenvalue weighted by Crippen LogP contribution is 2.28. The first-order valence-corrected chi connectivity index (χ1v) is 10.3. The summed E-state index contributed by atoms with van der Waals surface area (Å²) >= 11 is 0. The number of anilines is 2. The fourth-order valence-electron chi connectivity index (χ4n) is 3.83. The van der Waals surface area contributed by atoms with Crippen molar-refractivity contribution in [3.8, 4) is 5.82 Å². The van der Waals surface area contributed by atoms with Gasteiger partial charge in [-0.15, -0.1) is 0 Å². The maximum Gasteiger partial charge on any atom is 0.322 e. The number of nitrogens with zero attached hydrogens (tertiary/aromatic N) is 5. The van der Waals surface area contributed by atoms with E-state index in [-0.39, 0.29) is 12.0 Å². The second-order valence-electron chi connectivity index (χ2n) is 7.48. The molecule has 1 saturated heterocycles. The lowest BCUT2D eigenvalue weighted by molar-refractivity contribution is 0.252. The molecule has 3 aromatic rings. The first kappa shape index (κ1) is 19.9. The molecular formula is C21H27N7O2. The molecular weight excluding hydrogens is 382 g/mol. The molecule has 9 heteroatoms. The van der Waals surface area contributed by atoms with Crippen molar-refractivity contribution >= 4 is 17.7 Å². The zero-order chi connectivity index (χ0) is 20.9. The number of piperidine rings is 1. The van der Waals surface area contributed by atoms with Gasteiger partial charge in [-0.25, -0.2) is 19.4 Å². The average Bonchev–Trinajstić information content (AvgIpc) is 3.41. The number of amides is 2. The van der Waals surface area contributed by atoms with Crippen LogP contribution in [0.3, 0.4) is 0 Å². The molecule has 4 heterocycles. The zero-order valence-corrected chi connectivity index (χ0v) is 17.3. The van der Waals surface area contributed by atoms with Crippen LogP contribution >= 0.6 is 0 Å². The number of pyridine rings is 1. The first-order chi connectivity index (χ1) is 14.6. The molecule has 0 spiro atoms. The molecule has 0 unspecified atom stereocenters. The predicted molar refractivity (Wildman–Crippen MR) is 114 cm³/mol. The molecule has 2 N–H and O–H groups in total. The molecule has 1 aliphatic rings. The van der Waals surface area contributed by atoms with Gasteiger partial charge in [0.2, 0.25) is 0 Å². The Bertz CT molecular complexity index is 975. The van der Waals surface area contributed by atoms with Crippen LogP contribution in [0, 0.1) is 12.8 Å². The van der Waals surface area contributed by atoms with E-state index in [1.54, 1.807) is 17.1 Å². The average molecular weight is 409 g/mol. The van der Waals surface area contributed by atoms with Crippen LogP contribution in [0.25, 0.3) is 5.82 Å². The van der Waals surface area contributed by atoms with Gasteiger partial charge in [0.1, 0.15) is 5.76 Å². The molecule has 0 bridgehead atoms. The van der Waals surface area contributed by atoms with E-state index >= 15 is 0 Å². The lowest BCUT2D eigenvalue weighted by atomic mass is 9.92. The molecule has 9 nitrogen and oxygen atoms in total. The number of aromatic nitrogens is 4. The summed E-state index contributed by atoms with van der Waals surface area (Å²) in [5, 5.41) is 9.50. The van der Waals surface area contributed by atoms with Gasteiger partial charge in [0.15, 0.2) is 5.82 Å². The number of hydrogen-bond donors (Lipinski definition) is 2. The first-order valence-electron chi connectivity index (χ1n) is 10.3. The Morgan fingerprint density at radius 1 is 1.30 bits per heavy atom. The summed E-state index contributed by atoms with van der Waals surface area (Å²) in [6.07, 6.45) is 8.32. The third kappa shape index (κ3) is 4.61. The van der Waals surface area contributed by atoms with E-state index in [4.69, 9.17) is 9.40 Å². The number of rotatable bonds is 6. The zero-order valence-electron chi connectivity index (χ0n) is 17.3. The van der Waals surface area contributed by atoms with Crippen molar-refractivity contribution in [2.24, 2.45) is 5.92 Å². The number of aryl methyl sites for hydroxylation is 1. The molecule has 0 aromatic carbocycles. The number of oxazole rings is 1. The van der Waals surface area contributed by atoms with Crippen molar-refractivity contribution in [3.63, 3.8) is 0 Å². The Morgan fingerprint density at radius 2 is 2.13 bits per heavy atom. The van der Waals surface area contributed by atoms with Crippen LogP contribution in [-0.4, -0.2) is 45.4 Å². The summed E-state index contributed by atoms with van der Waals surface area (Å²) in [5.74, 6) is 2.17. The normalized spacial score (nSPS) is 14.7. The van der Waals surface area contributed by atoms with Gasteiger partial charge in [0.05, 0.1) is 17.6 Å². The Kier molecular flexibility index (Phi) is 5.97. The van der Waals surface area contributed by atoms with Crippen LogP contribution < -0.4 is 15.5 Å². The van der Waals surface area contributed by atoms with Crippen molar-refractivity contribution in [1.82, 2.24) is 25.1 Å². The van der Waals surface area contributed by atoms with E-state index in [2.05, 4.69) is 31.7 Å². The monoisotopic (exact) mass is 409 g/mol. The summed E-state index contributed by atoms with van der Waals surface area (Å²) in [4.78, 5) is 22.8.